The molecule has 4 rings (SSSR count). The highest BCUT2D eigenvalue weighted by Crippen LogP contribution is 2.33. The number of aliphatic carboxylic acids is 1. The maximum Gasteiger partial charge on any atom is 0.417 e. The second kappa shape index (κ2) is 17.6. The number of anilines is 2. The zero-order valence-corrected chi connectivity index (χ0v) is 27.3. The highest BCUT2D eigenvalue weighted by molar-refractivity contribution is 6.03. The standard InChI is InChI=1S/C30H29F6N5O2.2C2H6/c1-18(2)15-41(17-27(42)43)16-22-14-25(38-20-8-6-19(7-9-20)29(31,32)33)23-11-10-21(39-28(23)40-22)13-26-24(30(34,35)36)5-3-4-12-37-26;2*1-2/h4-12,14,18H,3,13,15-17H2,1-2H3,(H,42,43)(H,38,39,40);2*1-2H3. The summed E-state index contributed by atoms with van der Waals surface area (Å²) in [6.07, 6.45) is -5.34. The van der Waals surface area contributed by atoms with Gasteiger partial charge in [-0.1, -0.05) is 53.7 Å². The third-order valence-corrected chi connectivity index (χ3v) is 6.40. The van der Waals surface area contributed by atoms with E-state index in [1.165, 1.54) is 24.4 Å². The zero-order chi connectivity index (χ0) is 35.4. The van der Waals surface area contributed by atoms with E-state index in [2.05, 4.69) is 20.3 Å². The molecule has 1 aromatic carbocycles. The van der Waals surface area contributed by atoms with E-state index in [9.17, 15) is 36.2 Å². The lowest BCUT2D eigenvalue weighted by Crippen LogP contribution is -2.32. The highest BCUT2D eigenvalue weighted by Gasteiger charge is 2.37. The van der Waals surface area contributed by atoms with Crippen LogP contribution in [0.1, 0.15) is 64.9 Å². The molecule has 1 aliphatic rings. The van der Waals surface area contributed by atoms with E-state index in [1.54, 1.807) is 23.1 Å². The normalized spacial score (nSPS) is 13.2. The van der Waals surface area contributed by atoms with E-state index in [4.69, 9.17) is 0 Å². The van der Waals surface area contributed by atoms with Gasteiger partial charge in [0.2, 0.25) is 0 Å². The molecule has 256 valence electrons. The van der Waals surface area contributed by atoms with Crippen LogP contribution in [0.15, 0.2) is 71.4 Å². The SMILES string of the molecule is CC.CC.CC(C)CN(CC(=O)O)Cc1cc(Nc2ccc(C(F)(F)F)cc2)c2ccc(CC3=NC=CCC=C3C(F)(F)F)nc2n1. The van der Waals surface area contributed by atoms with Gasteiger partial charge >= 0.3 is 18.3 Å². The first-order chi connectivity index (χ1) is 22.2. The Morgan fingerprint density at radius 2 is 1.57 bits per heavy atom. The molecule has 1 aliphatic heterocycles. The molecule has 0 radical (unpaired) electrons. The Labute approximate surface area is 271 Å². The van der Waals surface area contributed by atoms with Gasteiger partial charge in [0.1, 0.15) is 0 Å². The number of nitrogens with zero attached hydrogens (tertiary/aromatic N) is 4. The molecule has 3 aromatic rings. The Hall–Kier alpha value is -4.26. The van der Waals surface area contributed by atoms with Gasteiger partial charge in [-0.05, 0) is 54.8 Å². The molecule has 0 fully saturated rings. The highest BCUT2D eigenvalue weighted by atomic mass is 19.4. The largest absolute Gasteiger partial charge is 0.480 e. The van der Waals surface area contributed by atoms with Crippen LogP contribution in [0.2, 0.25) is 0 Å². The van der Waals surface area contributed by atoms with Crippen molar-refractivity contribution < 1.29 is 36.2 Å². The number of carboxylic acid groups (broad SMARTS) is 1. The summed E-state index contributed by atoms with van der Waals surface area (Å²) in [6.45, 7) is 12.2. The molecule has 0 saturated heterocycles. The Bertz CT molecular complexity index is 1560. The number of rotatable bonds is 10. The number of allylic oxidation sites excluding steroid dienone is 3. The van der Waals surface area contributed by atoms with Crippen molar-refractivity contribution >= 4 is 34.1 Å². The Kier molecular flexibility index (Phi) is 14.6. The topological polar surface area (TPSA) is 90.7 Å². The summed E-state index contributed by atoms with van der Waals surface area (Å²) in [6, 6.07) is 9.24. The minimum atomic E-state index is -4.60. The Morgan fingerprint density at radius 1 is 0.936 bits per heavy atom. The zero-order valence-electron chi connectivity index (χ0n) is 27.3. The molecule has 0 bridgehead atoms. The van der Waals surface area contributed by atoms with Crippen molar-refractivity contribution in [2.75, 3.05) is 18.4 Å². The first-order valence-electron chi connectivity index (χ1n) is 15.4. The molecule has 0 atom stereocenters. The summed E-state index contributed by atoms with van der Waals surface area (Å²) in [5, 5.41) is 13.0. The second-order valence-corrected chi connectivity index (χ2v) is 10.5. The number of aliphatic imine (C=N–C) groups is 1. The van der Waals surface area contributed by atoms with Gasteiger partial charge in [-0.25, -0.2) is 9.97 Å². The molecule has 47 heavy (non-hydrogen) atoms. The number of carbonyl (C=O) groups is 1. The molecular formula is C34H41F6N5O2. The summed E-state index contributed by atoms with van der Waals surface area (Å²) >= 11 is 0. The summed E-state index contributed by atoms with van der Waals surface area (Å²) in [7, 11) is 0. The maximum absolute atomic E-state index is 13.7. The molecule has 7 nitrogen and oxygen atoms in total. The van der Waals surface area contributed by atoms with Gasteiger partial charge in [0.25, 0.3) is 0 Å². The van der Waals surface area contributed by atoms with E-state index in [1.807, 2.05) is 41.5 Å². The summed E-state index contributed by atoms with van der Waals surface area (Å²) in [4.78, 5) is 26.3. The molecule has 0 spiro atoms. The number of alkyl halides is 6. The lowest BCUT2D eigenvalue weighted by molar-refractivity contribution is -0.139. The van der Waals surface area contributed by atoms with Crippen molar-refractivity contribution in [1.29, 1.82) is 0 Å². The minimum Gasteiger partial charge on any atom is -0.480 e. The molecule has 3 heterocycles. The van der Waals surface area contributed by atoms with Gasteiger partial charge in [-0.15, -0.1) is 0 Å². The fourth-order valence-corrected chi connectivity index (χ4v) is 4.67. The van der Waals surface area contributed by atoms with Gasteiger partial charge in [-0.3, -0.25) is 14.7 Å². The molecule has 2 aromatic heterocycles. The van der Waals surface area contributed by atoms with Crippen LogP contribution in [0, 0.1) is 5.92 Å². The van der Waals surface area contributed by atoms with Gasteiger partial charge < -0.3 is 10.4 Å². The van der Waals surface area contributed by atoms with Crippen molar-refractivity contribution in [2.45, 2.75) is 73.3 Å². The number of pyridine rings is 2. The van der Waals surface area contributed by atoms with E-state index >= 15 is 0 Å². The average molecular weight is 666 g/mol. The number of carboxylic acids is 1. The molecule has 2 N–H and O–H groups in total. The molecule has 13 heteroatoms. The minimum absolute atomic E-state index is 0.0834. The smallest absolute Gasteiger partial charge is 0.417 e. The number of aromatic nitrogens is 2. The quantitative estimate of drug-likeness (QED) is 0.210. The van der Waals surface area contributed by atoms with Crippen LogP contribution in [0.25, 0.3) is 11.0 Å². The third kappa shape index (κ3) is 11.8. The van der Waals surface area contributed by atoms with Gasteiger partial charge in [0, 0.05) is 42.5 Å². The number of benzene rings is 1. The second-order valence-electron chi connectivity index (χ2n) is 10.5. The average Bonchev–Trinajstić information content (AvgIpc) is 3.24. The summed E-state index contributed by atoms with van der Waals surface area (Å²) in [5.41, 5.74) is -0.215. The van der Waals surface area contributed by atoms with Gasteiger partial charge in [0.15, 0.2) is 5.65 Å². The van der Waals surface area contributed by atoms with Crippen molar-refractivity contribution in [3.63, 3.8) is 0 Å². The lowest BCUT2D eigenvalue weighted by atomic mass is 10.0. The monoisotopic (exact) mass is 665 g/mol. The van der Waals surface area contributed by atoms with Crippen molar-refractivity contribution in [3.8, 4) is 0 Å². The fourth-order valence-electron chi connectivity index (χ4n) is 4.67. The van der Waals surface area contributed by atoms with E-state index < -0.39 is 29.5 Å². The maximum atomic E-state index is 13.7. The number of fused-ring (bicyclic) bond motifs is 1. The van der Waals surface area contributed by atoms with Gasteiger partial charge in [0.05, 0.1) is 34.8 Å². The number of hydrogen-bond donors (Lipinski definition) is 2. The van der Waals surface area contributed by atoms with E-state index in [0.717, 1.165) is 18.2 Å². The number of hydrogen-bond acceptors (Lipinski definition) is 6. The first-order valence-corrected chi connectivity index (χ1v) is 15.4. The lowest BCUT2D eigenvalue weighted by Gasteiger charge is -2.22. The Morgan fingerprint density at radius 3 is 2.15 bits per heavy atom. The summed E-state index contributed by atoms with van der Waals surface area (Å²) < 4.78 is 80.3. The van der Waals surface area contributed by atoms with Crippen molar-refractivity contribution in [1.82, 2.24) is 14.9 Å². The van der Waals surface area contributed by atoms with Crippen LogP contribution in [-0.2, 0) is 23.9 Å². The molecule has 0 aliphatic carbocycles. The van der Waals surface area contributed by atoms with Gasteiger partial charge in [-0.2, -0.15) is 26.3 Å². The van der Waals surface area contributed by atoms with Crippen molar-refractivity contribution in [3.05, 3.63) is 83.3 Å². The van der Waals surface area contributed by atoms with Crippen LogP contribution < -0.4 is 5.32 Å². The molecular weight excluding hydrogens is 624 g/mol. The van der Waals surface area contributed by atoms with Crippen LogP contribution in [0.3, 0.4) is 0 Å². The fraction of sp³-hybridized carbons (Fsp3) is 0.412. The number of nitrogens with one attached hydrogen (secondary N) is 1. The first kappa shape index (κ1) is 38.9. The summed E-state index contributed by atoms with van der Waals surface area (Å²) in [5.74, 6) is -0.892. The van der Waals surface area contributed by atoms with Crippen LogP contribution in [0.5, 0.6) is 0 Å². The van der Waals surface area contributed by atoms with E-state index in [-0.39, 0.29) is 48.9 Å². The van der Waals surface area contributed by atoms with Crippen LogP contribution in [-0.4, -0.2) is 50.9 Å². The Balaban J connectivity index is 0.00000185. The van der Waals surface area contributed by atoms with Crippen LogP contribution in [0.4, 0.5) is 37.7 Å². The predicted octanol–water partition coefficient (Wildman–Crippen LogP) is 9.38. The number of halogens is 6. The van der Waals surface area contributed by atoms with Crippen LogP contribution >= 0.6 is 0 Å². The predicted molar refractivity (Wildman–Crippen MR) is 174 cm³/mol. The molecule has 0 unspecified atom stereocenters. The third-order valence-electron chi connectivity index (χ3n) is 6.40. The van der Waals surface area contributed by atoms with Crippen molar-refractivity contribution in [2.24, 2.45) is 10.9 Å². The molecule has 0 amide bonds. The van der Waals surface area contributed by atoms with E-state index in [0.29, 0.717) is 29.0 Å². The molecule has 0 saturated carbocycles.